The third-order valence-electron chi connectivity index (χ3n) is 6.29. The van der Waals surface area contributed by atoms with Gasteiger partial charge in [0.05, 0.1) is 10.6 Å². The molecule has 2 amide bonds. The minimum atomic E-state index is -4.17. The zero-order valence-corrected chi connectivity index (χ0v) is 24.9. The maximum absolute atomic E-state index is 14.0. The monoisotopic (exact) mass is 629 g/mol. The second-order valence-electron chi connectivity index (χ2n) is 9.64. The summed E-state index contributed by atoms with van der Waals surface area (Å²) in [5, 5.41) is 2.85. The molecule has 0 bridgehead atoms. The predicted molar refractivity (Wildman–Crippen MR) is 156 cm³/mol. The smallest absolute Gasteiger partial charge is 0.264 e. The second kappa shape index (κ2) is 12.7. The lowest BCUT2D eigenvalue weighted by Gasteiger charge is -2.32. The van der Waals surface area contributed by atoms with Gasteiger partial charge in [0.25, 0.3) is 10.0 Å². The number of carbonyl (C=O) groups is 2. The van der Waals surface area contributed by atoms with E-state index in [0.717, 1.165) is 14.3 Å². The van der Waals surface area contributed by atoms with E-state index in [2.05, 4.69) is 21.2 Å². The highest BCUT2D eigenvalue weighted by molar-refractivity contribution is 9.10. The number of hydrogen-bond donors (Lipinski definition) is 1. The number of carbonyl (C=O) groups excluding carboxylic acids is 2. The van der Waals surface area contributed by atoms with Crippen molar-refractivity contribution in [1.29, 1.82) is 0 Å². The number of amides is 2. The number of ether oxygens (including phenoxy) is 2. The molecule has 3 aromatic rings. The van der Waals surface area contributed by atoms with Crippen molar-refractivity contribution in [3.8, 4) is 11.5 Å². The van der Waals surface area contributed by atoms with E-state index in [1.54, 1.807) is 43.3 Å². The molecule has 212 valence electrons. The molecule has 1 aliphatic rings. The van der Waals surface area contributed by atoms with Crippen molar-refractivity contribution in [2.75, 3.05) is 24.1 Å². The lowest BCUT2D eigenvalue weighted by molar-refractivity contribution is -0.139. The Labute approximate surface area is 243 Å². The van der Waals surface area contributed by atoms with Gasteiger partial charge >= 0.3 is 0 Å². The van der Waals surface area contributed by atoms with Crippen LogP contribution in [0.4, 0.5) is 5.69 Å². The molecular formula is C29H32BrN3O6S. The van der Waals surface area contributed by atoms with E-state index < -0.39 is 28.5 Å². The van der Waals surface area contributed by atoms with E-state index in [-0.39, 0.29) is 29.1 Å². The van der Waals surface area contributed by atoms with Gasteiger partial charge in [0.1, 0.15) is 25.8 Å². The largest absolute Gasteiger partial charge is 0.486 e. The van der Waals surface area contributed by atoms with Gasteiger partial charge in [0.15, 0.2) is 11.5 Å². The van der Waals surface area contributed by atoms with Crippen LogP contribution in [0.5, 0.6) is 11.5 Å². The second-order valence-corrected chi connectivity index (χ2v) is 12.4. The fourth-order valence-corrected chi connectivity index (χ4v) is 5.90. The Kier molecular flexibility index (Phi) is 9.36. The molecule has 1 N–H and O–H groups in total. The number of rotatable bonds is 10. The fraction of sp³-hybridized carbons (Fsp3) is 0.310. The van der Waals surface area contributed by atoms with Gasteiger partial charge in [0, 0.05) is 23.1 Å². The third-order valence-corrected chi connectivity index (χ3v) is 8.60. The van der Waals surface area contributed by atoms with Crippen LogP contribution in [-0.2, 0) is 26.2 Å². The summed E-state index contributed by atoms with van der Waals surface area (Å²) in [4.78, 5) is 28.4. The molecule has 3 aromatic carbocycles. The standard InChI is InChI=1S/C29H32BrN3O6S/c1-20(2)31-29(35)21(3)32(18-22-9-11-23(30)12-10-22)28(34)19-33(40(36,37)25-7-5-4-6-8-25)24-13-14-26-27(17-24)39-16-15-38-26/h4-14,17,20-21H,15-16,18-19H2,1-3H3,(H,31,35). The highest BCUT2D eigenvalue weighted by atomic mass is 79.9. The minimum absolute atomic E-state index is 0.0303. The maximum atomic E-state index is 14.0. The summed E-state index contributed by atoms with van der Waals surface area (Å²) in [6.07, 6.45) is 0. The third kappa shape index (κ3) is 6.95. The summed E-state index contributed by atoms with van der Waals surface area (Å²) >= 11 is 3.41. The average molecular weight is 631 g/mol. The van der Waals surface area contributed by atoms with Crippen LogP contribution < -0.4 is 19.1 Å². The van der Waals surface area contributed by atoms with E-state index in [1.807, 2.05) is 38.1 Å². The summed E-state index contributed by atoms with van der Waals surface area (Å²) < 4.78 is 41.0. The van der Waals surface area contributed by atoms with Crippen molar-refractivity contribution < 1.29 is 27.5 Å². The van der Waals surface area contributed by atoms with Crippen LogP contribution in [0.15, 0.2) is 82.2 Å². The van der Waals surface area contributed by atoms with Crippen molar-refractivity contribution in [3.05, 3.63) is 82.8 Å². The summed E-state index contributed by atoms with van der Waals surface area (Å²) in [7, 11) is -4.17. The lowest BCUT2D eigenvalue weighted by Crippen LogP contribution is -2.52. The first kappa shape index (κ1) is 29.4. The molecule has 1 aliphatic heterocycles. The van der Waals surface area contributed by atoms with E-state index in [1.165, 1.54) is 17.0 Å². The van der Waals surface area contributed by atoms with Crippen molar-refractivity contribution in [2.24, 2.45) is 0 Å². The molecule has 1 unspecified atom stereocenters. The zero-order valence-electron chi connectivity index (χ0n) is 22.5. The summed E-state index contributed by atoms with van der Waals surface area (Å²) in [6.45, 7) is 5.59. The molecular weight excluding hydrogens is 598 g/mol. The number of halogens is 1. The highest BCUT2D eigenvalue weighted by Crippen LogP contribution is 2.36. The molecule has 0 aromatic heterocycles. The Morgan fingerprint density at radius 1 is 0.925 bits per heavy atom. The van der Waals surface area contributed by atoms with Crippen molar-refractivity contribution >= 4 is 43.5 Å². The first-order valence-corrected chi connectivity index (χ1v) is 15.1. The summed E-state index contributed by atoms with van der Waals surface area (Å²) in [5.74, 6) is 0.0102. The summed E-state index contributed by atoms with van der Waals surface area (Å²) in [5.41, 5.74) is 1.03. The van der Waals surface area contributed by atoms with Gasteiger partial charge in [-0.25, -0.2) is 8.42 Å². The van der Waals surface area contributed by atoms with Crippen LogP contribution in [0.2, 0.25) is 0 Å². The van der Waals surface area contributed by atoms with Crippen molar-refractivity contribution in [1.82, 2.24) is 10.2 Å². The quantitative estimate of drug-likeness (QED) is 0.357. The van der Waals surface area contributed by atoms with Crippen LogP contribution >= 0.6 is 15.9 Å². The van der Waals surface area contributed by atoms with Crippen LogP contribution in [0.3, 0.4) is 0 Å². The maximum Gasteiger partial charge on any atom is 0.264 e. The minimum Gasteiger partial charge on any atom is -0.486 e. The van der Waals surface area contributed by atoms with Crippen LogP contribution in [0.1, 0.15) is 26.3 Å². The van der Waals surface area contributed by atoms with Gasteiger partial charge in [-0.15, -0.1) is 0 Å². The number of anilines is 1. The molecule has 0 aliphatic carbocycles. The van der Waals surface area contributed by atoms with Gasteiger partial charge < -0.3 is 19.7 Å². The van der Waals surface area contributed by atoms with Crippen LogP contribution in [0, 0.1) is 0 Å². The van der Waals surface area contributed by atoms with E-state index >= 15 is 0 Å². The number of nitrogens with one attached hydrogen (secondary N) is 1. The van der Waals surface area contributed by atoms with Crippen LogP contribution in [0.25, 0.3) is 0 Å². The Morgan fingerprint density at radius 3 is 2.23 bits per heavy atom. The number of nitrogens with zero attached hydrogens (tertiary/aromatic N) is 2. The number of benzene rings is 3. The van der Waals surface area contributed by atoms with Gasteiger partial charge in [-0.3, -0.25) is 13.9 Å². The van der Waals surface area contributed by atoms with Crippen LogP contribution in [-0.4, -0.2) is 57.0 Å². The molecule has 11 heteroatoms. The van der Waals surface area contributed by atoms with Gasteiger partial charge in [-0.1, -0.05) is 46.3 Å². The van der Waals surface area contributed by atoms with Gasteiger partial charge in [0.2, 0.25) is 11.8 Å². The number of sulfonamides is 1. The van der Waals surface area contributed by atoms with Crippen molar-refractivity contribution in [3.63, 3.8) is 0 Å². The highest BCUT2D eigenvalue weighted by Gasteiger charge is 2.33. The fourth-order valence-electron chi connectivity index (χ4n) is 4.21. The molecule has 0 radical (unpaired) electrons. The molecule has 0 spiro atoms. The molecule has 0 saturated carbocycles. The number of fused-ring (bicyclic) bond motifs is 1. The lowest BCUT2D eigenvalue weighted by atomic mass is 10.1. The van der Waals surface area contributed by atoms with E-state index in [4.69, 9.17) is 9.47 Å². The molecule has 0 fully saturated rings. The zero-order chi connectivity index (χ0) is 28.9. The normalized spacial score (nSPS) is 13.4. The first-order chi connectivity index (χ1) is 19.1. The van der Waals surface area contributed by atoms with Gasteiger partial charge in [-0.05, 0) is 62.7 Å². The topological polar surface area (TPSA) is 105 Å². The van der Waals surface area contributed by atoms with E-state index in [9.17, 15) is 18.0 Å². The molecule has 1 heterocycles. The Bertz CT molecular complexity index is 1450. The predicted octanol–water partition coefficient (Wildman–Crippen LogP) is 4.36. The van der Waals surface area contributed by atoms with Crippen molar-refractivity contribution in [2.45, 2.75) is 44.3 Å². The average Bonchev–Trinajstić information content (AvgIpc) is 2.95. The number of hydrogen-bond acceptors (Lipinski definition) is 6. The molecule has 9 nitrogen and oxygen atoms in total. The first-order valence-electron chi connectivity index (χ1n) is 12.9. The molecule has 0 saturated heterocycles. The molecule has 4 rings (SSSR count). The van der Waals surface area contributed by atoms with E-state index in [0.29, 0.717) is 24.7 Å². The Morgan fingerprint density at radius 2 is 1.57 bits per heavy atom. The molecule has 1 atom stereocenters. The summed E-state index contributed by atoms with van der Waals surface area (Å²) in [6, 6.07) is 19.0. The SMILES string of the molecule is CC(C)NC(=O)C(C)N(Cc1ccc(Br)cc1)C(=O)CN(c1ccc2c(c1)OCCO2)S(=O)(=O)c1ccccc1. The molecule has 40 heavy (non-hydrogen) atoms. The van der Waals surface area contributed by atoms with Gasteiger partial charge in [-0.2, -0.15) is 0 Å². The Hall–Kier alpha value is -3.57. The Balaban J connectivity index is 1.73.